The Balaban J connectivity index is 1.61. The van der Waals surface area contributed by atoms with E-state index in [9.17, 15) is 18.0 Å². The highest BCUT2D eigenvalue weighted by Crippen LogP contribution is 2.29. The van der Waals surface area contributed by atoms with E-state index in [2.05, 4.69) is 10.3 Å². The fourth-order valence-corrected chi connectivity index (χ4v) is 3.18. The highest BCUT2D eigenvalue weighted by Gasteiger charge is 2.30. The lowest BCUT2D eigenvalue weighted by molar-refractivity contribution is -0.137. The number of para-hydroxylation sites is 1. The van der Waals surface area contributed by atoms with E-state index in [0.29, 0.717) is 5.56 Å². The summed E-state index contributed by atoms with van der Waals surface area (Å²) in [6, 6.07) is 12.4. The monoisotopic (exact) mass is 350 g/mol. The summed E-state index contributed by atoms with van der Waals surface area (Å²) >= 11 is 1.48. The quantitative estimate of drug-likeness (QED) is 0.767. The smallest absolute Gasteiger partial charge is 0.349 e. The standard InChI is InChI=1S/C17H13F3N2OS/c18-17(19,20)12-5-3-4-11(8-12)9-15(23)21-10-16-22-13-6-1-2-7-14(13)24-16/h1-8H,9-10H2,(H,21,23). The van der Waals surface area contributed by atoms with Crippen LogP contribution in [0.3, 0.4) is 0 Å². The number of hydrogen-bond donors (Lipinski definition) is 1. The molecule has 1 amide bonds. The van der Waals surface area contributed by atoms with E-state index < -0.39 is 11.7 Å². The van der Waals surface area contributed by atoms with Gasteiger partial charge in [-0.05, 0) is 23.8 Å². The molecule has 0 saturated carbocycles. The largest absolute Gasteiger partial charge is 0.416 e. The van der Waals surface area contributed by atoms with E-state index in [-0.39, 0.29) is 18.9 Å². The van der Waals surface area contributed by atoms with Crippen LogP contribution in [0.5, 0.6) is 0 Å². The van der Waals surface area contributed by atoms with Gasteiger partial charge in [0.05, 0.1) is 28.7 Å². The van der Waals surface area contributed by atoms with Gasteiger partial charge in [0.15, 0.2) is 0 Å². The molecule has 124 valence electrons. The summed E-state index contributed by atoms with van der Waals surface area (Å²) in [6.07, 6.45) is -4.51. The molecule has 0 unspecified atom stereocenters. The Labute approximate surface area is 140 Å². The molecule has 0 aliphatic heterocycles. The van der Waals surface area contributed by atoms with E-state index in [1.807, 2.05) is 24.3 Å². The molecule has 0 bridgehead atoms. The van der Waals surface area contributed by atoms with Crippen molar-refractivity contribution in [2.24, 2.45) is 0 Å². The van der Waals surface area contributed by atoms with Crippen LogP contribution in [0.1, 0.15) is 16.1 Å². The number of carbonyl (C=O) groups is 1. The van der Waals surface area contributed by atoms with Gasteiger partial charge < -0.3 is 5.32 Å². The molecule has 0 radical (unpaired) electrons. The Bertz CT molecular complexity index is 840. The molecule has 2 aromatic carbocycles. The van der Waals surface area contributed by atoms with Crippen molar-refractivity contribution in [1.29, 1.82) is 0 Å². The van der Waals surface area contributed by atoms with E-state index in [0.717, 1.165) is 27.4 Å². The zero-order valence-corrected chi connectivity index (χ0v) is 13.2. The molecule has 3 rings (SSSR count). The summed E-state index contributed by atoms with van der Waals surface area (Å²) in [5, 5.41) is 3.45. The highest BCUT2D eigenvalue weighted by atomic mass is 32.1. The Kier molecular flexibility index (Phi) is 4.53. The van der Waals surface area contributed by atoms with Gasteiger partial charge in [-0.2, -0.15) is 13.2 Å². The number of halogens is 3. The van der Waals surface area contributed by atoms with Crippen molar-refractivity contribution in [3.05, 3.63) is 64.7 Å². The van der Waals surface area contributed by atoms with Crippen LogP contribution in [-0.2, 0) is 23.9 Å². The van der Waals surface area contributed by atoms with Crippen molar-refractivity contribution in [2.75, 3.05) is 0 Å². The summed E-state index contributed by atoms with van der Waals surface area (Å²) in [6.45, 7) is 0.261. The van der Waals surface area contributed by atoms with Crippen molar-refractivity contribution in [1.82, 2.24) is 10.3 Å². The maximum atomic E-state index is 12.7. The van der Waals surface area contributed by atoms with Gasteiger partial charge in [0.2, 0.25) is 5.91 Å². The van der Waals surface area contributed by atoms with Crippen LogP contribution in [0.15, 0.2) is 48.5 Å². The molecule has 0 fully saturated rings. The Hall–Kier alpha value is -2.41. The third-order valence-corrected chi connectivity index (χ3v) is 4.43. The molecule has 0 aliphatic carbocycles. The molecular weight excluding hydrogens is 337 g/mol. The molecule has 7 heteroatoms. The zero-order chi connectivity index (χ0) is 17.2. The molecule has 0 saturated heterocycles. The Morgan fingerprint density at radius 1 is 1.12 bits per heavy atom. The lowest BCUT2D eigenvalue weighted by Gasteiger charge is -2.08. The van der Waals surface area contributed by atoms with Gasteiger partial charge in [0.25, 0.3) is 0 Å². The summed E-state index contributed by atoms with van der Waals surface area (Å²) in [5.74, 6) is -0.339. The van der Waals surface area contributed by atoms with E-state index >= 15 is 0 Å². The number of nitrogens with one attached hydrogen (secondary N) is 1. The SMILES string of the molecule is O=C(Cc1cccc(C(F)(F)F)c1)NCc1nc2ccccc2s1. The molecule has 3 aromatic rings. The van der Waals surface area contributed by atoms with Crippen molar-refractivity contribution >= 4 is 27.5 Å². The van der Waals surface area contributed by atoms with Crippen molar-refractivity contribution < 1.29 is 18.0 Å². The second-order valence-electron chi connectivity index (χ2n) is 5.23. The number of alkyl halides is 3. The highest BCUT2D eigenvalue weighted by molar-refractivity contribution is 7.18. The first-order valence-corrected chi connectivity index (χ1v) is 8.01. The number of rotatable bonds is 4. The molecule has 3 nitrogen and oxygen atoms in total. The molecule has 24 heavy (non-hydrogen) atoms. The zero-order valence-electron chi connectivity index (χ0n) is 12.4. The van der Waals surface area contributed by atoms with Crippen LogP contribution in [0.4, 0.5) is 13.2 Å². The number of thiazole rings is 1. The van der Waals surface area contributed by atoms with Crippen LogP contribution < -0.4 is 5.32 Å². The molecule has 1 heterocycles. The summed E-state index contributed by atoms with van der Waals surface area (Å²) in [4.78, 5) is 16.3. The predicted octanol–water partition coefficient (Wildman–Crippen LogP) is 4.17. The molecular formula is C17H13F3N2OS. The van der Waals surface area contributed by atoms with Crippen LogP contribution >= 0.6 is 11.3 Å². The normalized spacial score (nSPS) is 11.6. The Morgan fingerprint density at radius 3 is 2.67 bits per heavy atom. The van der Waals surface area contributed by atoms with Gasteiger partial charge in [-0.25, -0.2) is 4.98 Å². The molecule has 0 atom stereocenters. The molecule has 1 aromatic heterocycles. The minimum absolute atomic E-state index is 0.102. The van der Waals surface area contributed by atoms with E-state index in [1.54, 1.807) is 0 Å². The second-order valence-corrected chi connectivity index (χ2v) is 6.34. The fraction of sp³-hybridized carbons (Fsp3) is 0.176. The van der Waals surface area contributed by atoms with Gasteiger partial charge in [0.1, 0.15) is 5.01 Å². The van der Waals surface area contributed by atoms with Crippen LogP contribution in [0, 0.1) is 0 Å². The minimum Gasteiger partial charge on any atom is -0.349 e. The van der Waals surface area contributed by atoms with E-state index in [4.69, 9.17) is 0 Å². The maximum absolute atomic E-state index is 12.7. The number of fused-ring (bicyclic) bond motifs is 1. The van der Waals surface area contributed by atoms with Crippen molar-refractivity contribution in [3.8, 4) is 0 Å². The van der Waals surface area contributed by atoms with Gasteiger partial charge in [-0.3, -0.25) is 4.79 Å². The van der Waals surface area contributed by atoms with Gasteiger partial charge in [-0.1, -0.05) is 30.3 Å². The summed E-state index contributed by atoms with van der Waals surface area (Å²) < 4.78 is 39.0. The molecule has 0 spiro atoms. The van der Waals surface area contributed by atoms with E-state index in [1.165, 1.54) is 23.5 Å². The number of benzene rings is 2. The lowest BCUT2D eigenvalue weighted by Crippen LogP contribution is -2.24. The van der Waals surface area contributed by atoms with Crippen molar-refractivity contribution in [2.45, 2.75) is 19.1 Å². The number of nitrogens with zero attached hydrogens (tertiary/aromatic N) is 1. The first-order valence-electron chi connectivity index (χ1n) is 7.19. The van der Waals surface area contributed by atoms with Crippen LogP contribution in [-0.4, -0.2) is 10.9 Å². The number of aromatic nitrogens is 1. The van der Waals surface area contributed by atoms with Crippen molar-refractivity contribution in [3.63, 3.8) is 0 Å². The first-order chi connectivity index (χ1) is 11.4. The first kappa shape index (κ1) is 16.4. The third-order valence-electron chi connectivity index (χ3n) is 3.39. The number of amides is 1. The molecule has 0 aliphatic rings. The second kappa shape index (κ2) is 6.60. The summed E-state index contributed by atoms with van der Waals surface area (Å²) in [5.41, 5.74) is 0.440. The number of hydrogen-bond acceptors (Lipinski definition) is 3. The maximum Gasteiger partial charge on any atom is 0.416 e. The fourth-order valence-electron chi connectivity index (χ4n) is 2.28. The predicted molar refractivity (Wildman–Crippen MR) is 86.6 cm³/mol. The Morgan fingerprint density at radius 2 is 1.92 bits per heavy atom. The van der Waals surface area contributed by atoms with Gasteiger partial charge in [-0.15, -0.1) is 11.3 Å². The van der Waals surface area contributed by atoms with Gasteiger partial charge in [0, 0.05) is 0 Å². The topological polar surface area (TPSA) is 42.0 Å². The average molecular weight is 350 g/mol. The lowest BCUT2D eigenvalue weighted by atomic mass is 10.1. The van der Waals surface area contributed by atoms with Gasteiger partial charge >= 0.3 is 6.18 Å². The average Bonchev–Trinajstić information content (AvgIpc) is 2.95. The van der Waals surface area contributed by atoms with Crippen LogP contribution in [0.2, 0.25) is 0 Å². The minimum atomic E-state index is -4.41. The van der Waals surface area contributed by atoms with Crippen LogP contribution in [0.25, 0.3) is 10.2 Å². The number of carbonyl (C=O) groups excluding carboxylic acids is 1. The molecule has 1 N–H and O–H groups in total. The summed E-state index contributed by atoms with van der Waals surface area (Å²) in [7, 11) is 0. The third kappa shape index (κ3) is 3.91.